The molecule has 6 heteroatoms. The van der Waals surface area contributed by atoms with Crippen molar-refractivity contribution in [1.82, 2.24) is 5.32 Å². The molecule has 0 radical (unpaired) electrons. The van der Waals surface area contributed by atoms with Gasteiger partial charge in [-0.1, -0.05) is 18.2 Å². The van der Waals surface area contributed by atoms with Crippen molar-refractivity contribution in [3.8, 4) is 5.75 Å². The monoisotopic (exact) mass is 406 g/mol. The number of carbonyl (C=O) groups is 2. The first-order valence-electron chi connectivity index (χ1n) is 9.63. The highest BCUT2D eigenvalue weighted by Gasteiger charge is 2.17. The molecule has 1 N–H and O–H groups in total. The van der Waals surface area contributed by atoms with E-state index in [1.54, 1.807) is 72.7 Å². The van der Waals surface area contributed by atoms with Crippen molar-refractivity contribution < 1.29 is 18.7 Å². The van der Waals surface area contributed by atoms with Crippen LogP contribution in [0.1, 0.15) is 27.1 Å². The van der Waals surface area contributed by atoms with E-state index in [1.807, 2.05) is 6.07 Å². The highest BCUT2D eigenvalue weighted by molar-refractivity contribution is 6.06. The summed E-state index contributed by atoms with van der Waals surface area (Å²) in [6.45, 7) is 0.771. The summed E-state index contributed by atoms with van der Waals surface area (Å²) >= 11 is 0. The van der Waals surface area contributed by atoms with E-state index in [1.165, 1.54) is 12.1 Å². The summed E-state index contributed by atoms with van der Waals surface area (Å²) in [6, 6.07) is 21.6. The van der Waals surface area contributed by atoms with Crippen molar-refractivity contribution in [3.63, 3.8) is 0 Å². The molecule has 0 saturated carbocycles. The average Bonchev–Trinajstić information content (AvgIpc) is 2.80. The normalized spacial score (nSPS) is 10.3. The fourth-order valence-corrected chi connectivity index (χ4v) is 2.99. The van der Waals surface area contributed by atoms with Crippen LogP contribution in [0.3, 0.4) is 0 Å². The highest BCUT2D eigenvalue weighted by atomic mass is 19.1. The molecule has 0 unspecified atom stereocenters. The fraction of sp³-hybridized carbons (Fsp3) is 0.167. The Hall–Kier alpha value is -3.67. The predicted octanol–water partition coefficient (Wildman–Crippen LogP) is 4.30. The Labute approximate surface area is 175 Å². The van der Waals surface area contributed by atoms with Crippen LogP contribution in [-0.4, -0.2) is 32.0 Å². The molecule has 0 spiro atoms. The number of rotatable bonds is 8. The van der Waals surface area contributed by atoms with Crippen LogP contribution in [0.5, 0.6) is 5.75 Å². The van der Waals surface area contributed by atoms with Crippen LogP contribution in [0, 0.1) is 5.82 Å². The van der Waals surface area contributed by atoms with Gasteiger partial charge in [-0.2, -0.15) is 0 Å². The average molecular weight is 406 g/mol. The Morgan fingerprint density at radius 2 is 1.57 bits per heavy atom. The molecule has 0 heterocycles. The van der Waals surface area contributed by atoms with Crippen LogP contribution in [0.4, 0.5) is 10.1 Å². The Balaban J connectivity index is 1.62. The highest BCUT2D eigenvalue weighted by Crippen LogP contribution is 2.18. The van der Waals surface area contributed by atoms with Crippen molar-refractivity contribution >= 4 is 17.5 Å². The lowest BCUT2D eigenvalue weighted by atomic mass is 10.1. The summed E-state index contributed by atoms with van der Waals surface area (Å²) in [5, 5.41) is 2.85. The number of methoxy groups -OCH3 is 1. The van der Waals surface area contributed by atoms with Gasteiger partial charge in [-0.15, -0.1) is 0 Å². The van der Waals surface area contributed by atoms with Gasteiger partial charge < -0.3 is 15.0 Å². The van der Waals surface area contributed by atoms with Crippen LogP contribution in [0.25, 0.3) is 0 Å². The van der Waals surface area contributed by atoms with Gasteiger partial charge in [0, 0.05) is 29.9 Å². The van der Waals surface area contributed by atoms with Gasteiger partial charge in [0.05, 0.1) is 7.11 Å². The molecule has 3 rings (SSSR count). The maximum atomic E-state index is 13.3. The number of nitrogens with zero attached hydrogens (tertiary/aromatic N) is 1. The summed E-state index contributed by atoms with van der Waals surface area (Å²) in [5.41, 5.74) is 1.68. The number of amides is 2. The number of anilines is 1. The van der Waals surface area contributed by atoms with Crippen molar-refractivity contribution in [1.29, 1.82) is 0 Å². The number of hydrogen-bond donors (Lipinski definition) is 1. The quantitative estimate of drug-likeness (QED) is 0.568. The lowest BCUT2D eigenvalue weighted by Crippen LogP contribution is -2.34. The Morgan fingerprint density at radius 1 is 0.900 bits per heavy atom. The van der Waals surface area contributed by atoms with Gasteiger partial charge in [0.1, 0.15) is 11.6 Å². The van der Waals surface area contributed by atoms with Crippen molar-refractivity contribution in [2.24, 2.45) is 0 Å². The third kappa shape index (κ3) is 5.44. The number of ether oxygens (including phenoxy) is 1. The molecule has 0 atom stereocenters. The van der Waals surface area contributed by atoms with E-state index in [9.17, 15) is 14.0 Å². The fourth-order valence-electron chi connectivity index (χ4n) is 2.99. The first-order valence-corrected chi connectivity index (χ1v) is 9.63. The molecule has 5 nitrogen and oxygen atoms in total. The maximum Gasteiger partial charge on any atom is 0.258 e. The van der Waals surface area contributed by atoms with Crippen LogP contribution < -0.4 is 15.0 Å². The SMILES string of the molecule is COc1ccc(C(=O)NCCCN(C(=O)c2ccccc2)c2ccc(F)cc2)cc1. The second kappa shape index (κ2) is 10.2. The van der Waals surface area contributed by atoms with Crippen LogP contribution in [-0.2, 0) is 0 Å². The second-order valence-corrected chi connectivity index (χ2v) is 6.64. The number of halogens is 1. The van der Waals surface area contributed by atoms with Gasteiger partial charge in [-0.25, -0.2) is 4.39 Å². The Kier molecular flexibility index (Phi) is 7.16. The minimum atomic E-state index is -0.363. The van der Waals surface area contributed by atoms with E-state index in [-0.39, 0.29) is 17.6 Å². The molecule has 0 aliphatic carbocycles. The zero-order valence-corrected chi connectivity index (χ0v) is 16.7. The molecule has 0 saturated heterocycles. The van der Waals surface area contributed by atoms with Crippen LogP contribution in [0.15, 0.2) is 78.9 Å². The van der Waals surface area contributed by atoms with Gasteiger partial charge >= 0.3 is 0 Å². The van der Waals surface area contributed by atoms with Crippen LogP contribution >= 0.6 is 0 Å². The topological polar surface area (TPSA) is 58.6 Å². The first kappa shape index (κ1) is 21.0. The zero-order chi connectivity index (χ0) is 21.3. The summed E-state index contributed by atoms with van der Waals surface area (Å²) in [5.74, 6) is -0.0532. The molecular weight excluding hydrogens is 383 g/mol. The van der Waals surface area contributed by atoms with Crippen LogP contribution in [0.2, 0.25) is 0 Å². The van der Waals surface area contributed by atoms with Gasteiger partial charge in [0.25, 0.3) is 11.8 Å². The van der Waals surface area contributed by atoms with Crippen molar-refractivity contribution in [3.05, 3.63) is 95.8 Å². The Bertz CT molecular complexity index is 974. The molecule has 3 aromatic rings. The first-order chi connectivity index (χ1) is 14.6. The molecule has 2 amide bonds. The summed E-state index contributed by atoms with van der Waals surface area (Å²) in [6.07, 6.45) is 0.540. The van der Waals surface area contributed by atoms with Gasteiger partial charge in [0.15, 0.2) is 0 Å². The minimum absolute atomic E-state index is 0.177. The standard InChI is InChI=1S/C24H23FN2O3/c1-30-22-14-8-18(9-15-22)23(28)26-16-5-17-27(21-12-10-20(25)11-13-21)24(29)19-6-3-2-4-7-19/h2-4,6-15H,5,16-17H2,1H3,(H,26,28). The maximum absolute atomic E-state index is 13.3. The smallest absolute Gasteiger partial charge is 0.258 e. The molecule has 0 aromatic heterocycles. The second-order valence-electron chi connectivity index (χ2n) is 6.64. The summed E-state index contributed by atoms with van der Waals surface area (Å²) in [7, 11) is 1.57. The van der Waals surface area contributed by atoms with E-state index in [0.29, 0.717) is 42.1 Å². The van der Waals surface area contributed by atoms with E-state index >= 15 is 0 Å². The molecular formula is C24H23FN2O3. The summed E-state index contributed by atoms with van der Waals surface area (Å²) < 4.78 is 18.4. The van der Waals surface area contributed by atoms with Gasteiger partial charge in [-0.3, -0.25) is 9.59 Å². The number of hydrogen-bond acceptors (Lipinski definition) is 3. The molecule has 0 bridgehead atoms. The summed E-state index contributed by atoms with van der Waals surface area (Å²) in [4.78, 5) is 26.8. The third-order valence-corrected chi connectivity index (χ3v) is 4.60. The largest absolute Gasteiger partial charge is 0.497 e. The van der Waals surface area contributed by atoms with Gasteiger partial charge in [-0.05, 0) is 67.1 Å². The molecule has 0 fully saturated rings. The van der Waals surface area contributed by atoms with E-state index < -0.39 is 0 Å². The lowest BCUT2D eigenvalue weighted by Gasteiger charge is -2.23. The molecule has 3 aromatic carbocycles. The Morgan fingerprint density at radius 3 is 2.20 bits per heavy atom. The molecule has 30 heavy (non-hydrogen) atoms. The lowest BCUT2D eigenvalue weighted by molar-refractivity contribution is 0.0953. The van der Waals surface area contributed by atoms with E-state index in [0.717, 1.165) is 0 Å². The van der Waals surface area contributed by atoms with Crippen molar-refractivity contribution in [2.75, 3.05) is 25.1 Å². The number of nitrogens with one attached hydrogen (secondary N) is 1. The van der Waals surface area contributed by atoms with Crippen molar-refractivity contribution in [2.45, 2.75) is 6.42 Å². The van der Waals surface area contributed by atoms with E-state index in [2.05, 4.69) is 5.32 Å². The number of benzene rings is 3. The molecule has 0 aliphatic rings. The van der Waals surface area contributed by atoms with E-state index in [4.69, 9.17) is 4.74 Å². The zero-order valence-electron chi connectivity index (χ0n) is 16.7. The minimum Gasteiger partial charge on any atom is -0.497 e. The third-order valence-electron chi connectivity index (χ3n) is 4.60. The number of carbonyl (C=O) groups excluding carboxylic acids is 2. The molecule has 154 valence electrons. The molecule has 0 aliphatic heterocycles. The predicted molar refractivity (Wildman–Crippen MR) is 114 cm³/mol. The van der Waals surface area contributed by atoms with Gasteiger partial charge in [0.2, 0.25) is 0 Å².